The van der Waals surface area contributed by atoms with Gasteiger partial charge in [-0.3, -0.25) is 10.9 Å². The minimum absolute atomic E-state index is 0.0379. The van der Waals surface area contributed by atoms with Crippen LogP contribution in [0.25, 0.3) is 0 Å². The standard InChI is InChI=1S/C11H9Cl2FN4O/c1-19-11-15-5-8(14)10(16-11)18-17-9-6(12)3-2-4-7(9)13/h2-5,17H,1H3,(H,15,16,18). The van der Waals surface area contributed by atoms with Crippen LogP contribution in [0.4, 0.5) is 15.9 Å². The molecule has 0 spiro atoms. The van der Waals surface area contributed by atoms with Crippen molar-refractivity contribution in [2.45, 2.75) is 0 Å². The Labute approximate surface area is 118 Å². The number of hydrazine groups is 1. The van der Waals surface area contributed by atoms with Crippen LogP contribution in [0.5, 0.6) is 6.01 Å². The van der Waals surface area contributed by atoms with Crippen molar-refractivity contribution in [1.29, 1.82) is 0 Å². The number of methoxy groups -OCH3 is 1. The van der Waals surface area contributed by atoms with Gasteiger partial charge in [-0.05, 0) is 12.1 Å². The lowest BCUT2D eigenvalue weighted by Gasteiger charge is -2.12. The Morgan fingerprint density at radius 3 is 2.53 bits per heavy atom. The van der Waals surface area contributed by atoms with E-state index < -0.39 is 5.82 Å². The lowest BCUT2D eigenvalue weighted by Crippen LogP contribution is -2.13. The van der Waals surface area contributed by atoms with E-state index in [1.165, 1.54) is 7.11 Å². The molecule has 0 aliphatic carbocycles. The predicted octanol–water partition coefficient (Wildman–Crippen LogP) is 3.37. The van der Waals surface area contributed by atoms with Crippen molar-refractivity contribution >= 4 is 34.7 Å². The van der Waals surface area contributed by atoms with E-state index >= 15 is 0 Å². The van der Waals surface area contributed by atoms with Crippen LogP contribution < -0.4 is 15.6 Å². The molecular weight excluding hydrogens is 294 g/mol. The van der Waals surface area contributed by atoms with Gasteiger partial charge in [-0.25, -0.2) is 9.37 Å². The van der Waals surface area contributed by atoms with Crippen LogP contribution in [0.2, 0.25) is 10.0 Å². The van der Waals surface area contributed by atoms with Crippen LogP contribution in [0.15, 0.2) is 24.4 Å². The summed E-state index contributed by atoms with van der Waals surface area (Å²) in [7, 11) is 1.38. The summed E-state index contributed by atoms with van der Waals surface area (Å²) in [5.74, 6) is -0.723. The van der Waals surface area contributed by atoms with E-state index in [2.05, 4.69) is 20.8 Å². The molecule has 0 radical (unpaired) electrons. The predicted molar refractivity (Wildman–Crippen MR) is 72.2 cm³/mol. The maximum Gasteiger partial charge on any atom is 0.318 e. The first-order chi connectivity index (χ1) is 9.11. The third-order valence-electron chi connectivity index (χ3n) is 2.17. The molecule has 0 aliphatic heterocycles. The topological polar surface area (TPSA) is 59.1 Å². The third kappa shape index (κ3) is 3.15. The summed E-state index contributed by atoms with van der Waals surface area (Å²) in [6.07, 6.45) is 0.990. The number of ether oxygens (including phenoxy) is 1. The zero-order valence-electron chi connectivity index (χ0n) is 9.75. The maximum atomic E-state index is 13.5. The van der Waals surface area contributed by atoms with Crippen molar-refractivity contribution in [2.24, 2.45) is 0 Å². The van der Waals surface area contributed by atoms with Gasteiger partial charge in [0.05, 0.1) is 29.0 Å². The van der Waals surface area contributed by atoms with Crippen molar-refractivity contribution in [1.82, 2.24) is 9.97 Å². The smallest absolute Gasteiger partial charge is 0.318 e. The minimum atomic E-state index is -0.642. The van der Waals surface area contributed by atoms with E-state index in [9.17, 15) is 4.39 Å². The highest BCUT2D eigenvalue weighted by atomic mass is 35.5. The van der Waals surface area contributed by atoms with Crippen LogP contribution in [0.3, 0.4) is 0 Å². The number of halogens is 3. The molecule has 0 fully saturated rings. The lowest BCUT2D eigenvalue weighted by molar-refractivity contribution is 0.377. The SMILES string of the molecule is COc1ncc(F)c(NNc2c(Cl)cccc2Cl)n1. The molecule has 0 aliphatic rings. The van der Waals surface area contributed by atoms with Crippen molar-refractivity contribution in [3.8, 4) is 6.01 Å². The molecule has 8 heteroatoms. The van der Waals surface area contributed by atoms with Gasteiger partial charge < -0.3 is 4.74 Å². The number of aromatic nitrogens is 2. The average molecular weight is 303 g/mol. The van der Waals surface area contributed by atoms with E-state index in [1.54, 1.807) is 18.2 Å². The van der Waals surface area contributed by atoms with Crippen LogP contribution in [0, 0.1) is 5.82 Å². The Kier molecular flexibility index (Phi) is 4.24. The molecule has 0 unspecified atom stereocenters. The highest BCUT2D eigenvalue weighted by molar-refractivity contribution is 6.39. The Balaban J connectivity index is 2.19. The Morgan fingerprint density at radius 2 is 1.89 bits per heavy atom. The van der Waals surface area contributed by atoms with Gasteiger partial charge in [0.25, 0.3) is 0 Å². The molecule has 0 saturated heterocycles. The second-order valence-corrected chi connectivity index (χ2v) is 4.21. The minimum Gasteiger partial charge on any atom is -0.467 e. The molecule has 100 valence electrons. The number of anilines is 2. The fourth-order valence-electron chi connectivity index (χ4n) is 1.28. The highest BCUT2D eigenvalue weighted by Gasteiger charge is 2.09. The number of benzene rings is 1. The van der Waals surface area contributed by atoms with Gasteiger partial charge in [-0.2, -0.15) is 4.98 Å². The van der Waals surface area contributed by atoms with Crippen LogP contribution in [0.1, 0.15) is 0 Å². The third-order valence-corrected chi connectivity index (χ3v) is 2.80. The summed E-state index contributed by atoms with van der Waals surface area (Å²) in [5.41, 5.74) is 5.67. The fraction of sp³-hybridized carbons (Fsp3) is 0.0909. The molecule has 1 aromatic carbocycles. The van der Waals surface area contributed by atoms with Crippen molar-refractivity contribution in [3.05, 3.63) is 40.3 Å². The van der Waals surface area contributed by atoms with Gasteiger partial charge in [0, 0.05) is 0 Å². The van der Waals surface area contributed by atoms with Gasteiger partial charge in [-0.1, -0.05) is 29.3 Å². The molecule has 2 N–H and O–H groups in total. The van der Waals surface area contributed by atoms with Gasteiger partial charge in [-0.15, -0.1) is 0 Å². The quantitative estimate of drug-likeness (QED) is 0.848. The van der Waals surface area contributed by atoms with Gasteiger partial charge in [0.15, 0.2) is 11.6 Å². The van der Waals surface area contributed by atoms with E-state index in [4.69, 9.17) is 27.9 Å². The van der Waals surface area contributed by atoms with E-state index in [0.717, 1.165) is 6.20 Å². The molecule has 2 rings (SSSR count). The molecule has 2 aromatic rings. The molecule has 0 amide bonds. The number of nitrogens with one attached hydrogen (secondary N) is 2. The molecular formula is C11H9Cl2FN4O. The zero-order chi connectivity index (χ0) is 13.8. The Morgan fingerprint density at radius 1 is 1.21 bits per heavy atom. The number of para-hydroxylation sites is 1. The van der Waals surface area contributed by atoms with Gasteiger partial charge in [0.2, 0.25) is 0 Å². The van der Waals surface area contributed by atoms with Crippen LogP contribution in [-0.4, -0.2) is 17.1 Å². The van der Waals surface area contributed by atoms with Crippen LogP contribution >= 0.6 is 23.2 Å². The monoisotopic (exact) mass is 302 g/mol. The first-order valence-electron chi connectivity index (χ1n) is 5.14. The molecule has 1 heterocycles. The van der Waals surface area contributed by atoms with E-state index in [1.807, 2.05) is 0 Å². The Bertz CT molecular complexity index is 577. The number of hydrogen-bond acceptors (Lipinski definition) is 5. The van der Waals surface area contributed by atoms with Gasteiger partial charge in [0.1, 0.15) is 0 Å². The molecule has 0 saturated carbocycles. The Hall–Kier alpha value is -1.79. The number of nitrogens with zero attached hydrogens (tertiary/aromatic N) is 2. The normalized spacial score (nSPS) is 10.1. The second-order valence-electron chi connectivity index (χ2n) is 3.40. The summed E-state index contributed by atoms with van der Waals surface area (Å²) in [6.45, 7) is 0. The zero-order valence-corrected chi connectivity index (χ0v) is 11.3. The van der Waals surface area contributed by atoms with Crippen LogP contribution in [-0.2, 0) is 0 Å². The number of rotatable bonds is 4. The van der Waals surface area contributed by atoms with Crippen molar-refractivity contribution in [3.63, 3.8) is 0 Å². The summed E-state index contributed by atoms with van der Waals surface area (Å²) in [5, 5.41) is 0.780. The summed E-state index contributed by atoms with van der Waals surface area (Å²) in [4.78, 5) is 7.42. The molecule has 5 nitrogen and oxygen atoms in total. The molecule has 1 aromatic heterocycles. The fourth-order valence-corrected chi connectivity index (χ4v) is 1.77. The average Bonchev–Trinajstić information content (AvgIpc) is 2.40. The lowest BCUT2D eigenvalue weighted by atomic mass is 10.3. The molecule has 19 heavy (non-hydrogen) atoms. The highest BCUT2D eigenvalue weighted by Crippen LogP contribution is 2.29. The van der Waals surface area contributed by atoms with E-state index in [0.29, 0.717) is 15.7 Å². The van der Waals surface area contributed by atoms with Crippen molar-refractivity contribution < 1.29 is 9.13 Å². The summed E-state index contributed by atoms with van der Waals surface area (Å²) in [6, 6.07) is 5.03. The van der Waals surface area contributed by atoms with E-state index in [-0.39, 0.29) is 11.8 Å². The van der Waals surface area contributed by atoms with Crippen molar-refractivity contribution in [2.75, 3.05) is 18.0 Å². The first-order valence-corrected chi connectivity index (χ1v) is 5.90. The number of hydrogen-bond donors (Lipinski definition) is 2. The first kappa shape index (κ1) is 13.6. The van der Waals surface area contributed by atoms with Gasteiger partial charge >= 0.3 is 6.01 Å². The maximum absolute atomic E-state index is 13.5. The largest absolute Gasteiger partial charge is 0.467 e. The molecule has 0 atom stereocenters. The summed E-state index contributed by atoms with van der Waals surface area (Å²) >= 11 is 11.9. The molecule has 0 bridgehead atoms. The second kappa shape index (κ2) is 5.90. The summed E-state index contributed by atoms with van der Waals surface area (Å²) < 4.78 is 18.3.